The van der Waals surface area contributed by atoms with Gasteiger partial charge < -0.3 is 4.52 Å². The van der Waals surface area contributed by atoms with Crippen LogP contribution in [0.3, 0.4) is 0 Å². The zero-order valence-electron chi connectivity index (χ0n) is 14.7. The fraction of sp³-hybridized carbons (Fsp3) is 0.143. The summed E-state index contributed by atoms with van der Waals surface area (Å²) in [6, 6.07) is 25.6. The predicted molar refractivity (Wildman–Crippen MR) is 102 cm³/mol. The predicted octanol–water partition coefficient (Wildman–Crippen LogP) is 5.45. The second-order valence-corrected chi connectivity index (χ2v) is 7.53. The molecule has 0 saturated heterocycles. The van der Waals surface area contributed by atoms with Gasteiger partial charge in [0.15, 0.2) is 0 Å². The van der Waals surface area contributed by atoms with E-state index < -0.39 is 13.4 Å². The summed E-state index contributed by atoms with van der Waals surface area (Å²) in [4.78, 5) is 10.4. The van der Waals surface area contributed by atoms with Crippen molar-refractivity contribution in [2.24, 2.45) is 0 Å². The molecule has 1 atom stereocenters. The average Bonchev–Trinajstić information content (AvgIpc) is 2.64. The van der Waals surface area contributed by atoms with Crippen LogP contribution in [0.1, 0.15) is 23.6 Å². The van der Waals surface area contributed by atoms with Crippen molar-refractivity contribution < 1.29 is 18.5 Å². The number of aryl methyl sites for hydroxylation is 1. The number of phosphoric acid groups is 1. The fourth-order valence-electron chi connectivity index (χ4n) is 2.77. The van der Waals surface area contributed by atoms with E-state index in [4.69, 9.17) is 9.05 Å². The van der Waals surface area contributed by atoms with E-state index in [9.17, 15) is 9.46 Å². The van der Waals surface area contributed by atoms with E-state index >= 15 is 0 Å². The van der Waals surface area contributed by atoms with Gasteiger partial charge in [-0.05, 0) is 37.1 Å². The molecule has 1 N–H and O–H groups in total. The van der Waals surface area contributed by atoms with E-state index in [0.717, 1.165) is 16.7 Å². The molecule has 3 aromatic carbocycles. The van der Waals surface area contributed by atoms with E-state index in [2.05, 4.69) is 0 Å². The van der Waals surface area contributed by atoms with E-state index in [1.807, 2.05) is 79.7 Å². The van der Waals surface area contributed by atoms with Gasteiger partial charge in [0.05, 0.1) is 0 Å². The molecule has 0 aliphatic rings. The van der Waals surface area contributed by atoms with Crippen LogP contribution in [-0.4, -0.2) is 4.89 Å². The van der Waals surface area contributed by atoms with Crippen molar-refractivity contribution in [1.29, 1.82) is 0 Å². The Morgan fingerprint density at radius 1 is 0.808 bits per heavy atom. The Bertz CT molecular complexity index is 853. The highest BCUT2D eigenvalue weighted by molar-refractivity contribution is 7.47. The summed E-state index contributed by atoms with van der Waals surface area (Å²) >= 11 is 0. The molecule has 0 amide bonds. The summed E-state index contributed by atoms with van der Waals surface area (Å²) in [5.74, 6) is 0.282. The van der Waals surface area contributed by atoms with E-state index in [1.165, 1.54) is 0 Å². The SMILES string of the molecule is Cc1ccc(OP(=O)(O)OC(C)(c2ccccc2)c2ccccc2)cc1. The fourth-order valence-corrected chi connectivity index (χ4v) is 3.86. The third kappa shape index (κ3) is 4.23. The van der Waals surface area contributed by atoms with Gasteiger partial charge in [-0.1, -0.05) is 78.4 Å². The third-order valence-electron chi connectivity index (χ3n) is 4.19. The van der Waals surface area contributed by atoms with Crippen LogP contribution in [0, 0.1) is 6.92 Å². The highest BCUT2D eigenvalue weighted by Gasteiger charge is 2.39. The molecule has 0 bridgehead atoms. The van der Waals surface area contributed by atoms with Crippen LogP contribution in [0.15, 0.2) is 84.9 Å². The zero-order valence-corrected chi connectivity index (χ0v) is 15.6. The minimum Gasteiger partial charge on any atom is -0.404 e. The lowest BCUT2D eigenvalue weighted by molar-refractivity contribution is 0.0846. The number of rotatable bonds is 6. The van der Waals surface area contributed by atoms with Crippen molar-refractivity contribution in [3.63, 3.8) is 0 Å². The van der Waals surface area contributed by atoms with Gasteiger partial charge in [-0.25, -0.2) is 4.57 Å². The molecule has 5 heteroatoms. The molecule has 3 rings (SSSR count). The van der Waals surface area contributed by atoms with Crippen LogP contribution in [-0.2, 0) is 14.7 Å². The minimum absolute atomic E-state index is 0.282. The van der Waals surface area contributed by atoms with Gasteiger partial charge in [0.25, 0.3) is 0 Å². The van der Waals surface area contributed by atoms with Gasteiger partial charge in [-0.2, -0.15) is 0 Å². The average molecular weight is 368 g/mol. The van der Waals surface area contributed by atoms with Crippen molar-refractivity contribution in [3.8, 4) is 5.75 Å². The lowest BCUT2D eigenvalue weighted by Gasteiger charge is -2.32. The molecule has 4 nitrogen and oxygen atoms in total. The first-order valence-corrected chi connectivity index (χ1v) is 9.79. The first-order chi connectivity index (χ1) is 12.4. The Morgan fingerprint density at radius 2 is 1.27 bits per heavy atom. The maximum Gasteiger partial charge on any atom is 0.528 e. The van der Waals surface area contributed by atoms with Crippen molar-refractivity contribution in [3.05, 3.63) is 102 Å². The summed E-state index contributed by atoms with van der Waals surface area (Å²) in [6.45, 7) is 3.69. The van der Waals surface area contributed by atoms with Gasteiger partial charge in [0.1, 0.15) is 11.4 Å². The van der Waals surface area contributed by atoms with Gasteiger partial charge >= 0.3 is 7.82 Å². The summed E-state index contributed by atoms with van der Waals surface area (Å²) in [7, 11) is -4.38. The molecular weight excluding hydrogens is 347 g/mol. The molecule has 0 aliphatic carbocycles. The largest absolute Gasteiger partial charge is 0.528 e. The quantitative estimate of drug-likeness (QED) is 0.588. The summed E-state index contributed by atoms with van der Waals surface area (Å²) in [5.41, 5.74) is 1.41. The second kappa shape index (κ2) is 7.46. The van der Waals surface area contributed by atoms with Crippen molar-refractivity contribution >= 4 is 7.82 Å². The summed E-state index contributed by atoms with van der Waals surface area (Å²) in [6.07, 6.45) is 0. The number of benzene rings is 3. The molecule has 0 aromatic heterocycles. The normalized spacial score (nSPS) is 13.8. The maximum atomic E-state index is 12.7. The first kappa shape index (κ1) is 18.4. The molecule has 0 spiro atoms. The van der Waals surface area contributed by atoms with Crippen molar-refractivity contribution in [2.75, 3.05) is 0 Å². The molecule has 134 valence electrons. The smallest absolute Gasteiger partial charge is 0.404 e. The molecule has 0 saturated carbocycles. The van der Waals surface area contributed by atoms with Crippen LogP contribution >= 0.6 is 7.82 Å². The number of phosphoric ester groups is 1. The summed E-state index contributed by atoms with van der Waals surface area (Å²) < 4.78 is 23.7. The van der Waals surface area contributed by atoms with Gasteiger partial charge in [0.2, 0.25) is 0 Å². The molecule has 0 aliphatic heterocycles. The Morgan fingerprint density at radius 3 is 1.73 bits per heavy atom. The molecule has 0 heterocycles. The van der Waals surface area contributed by atoms with Crippen LogP contribution in [0.5, 0.6) is 5.75 Å². The monoisotopic (exact) mass is 368 g/mol. The topological polar surface area (TPSA) is 55.8 Å². The van der Waals surface area contributed by atoms with E-state index in [-0.39, 0.29) is 5.75 Å². The Balaban J connectivity index is 1.95. The van der Waals surface area contributed by atoms with Gasteiger partial charge in [-0.3, -0.25) is 9.42 Å². The highest BCUT2D eigenvalue weighted by atomic mass is 31.2. The number of hydrogen-bond acceptors (Lipinski definition) is 3. The molecular formula is C21H21O4P. The van der Waals surface area contributed by atoms with E-state index in [0.29, 0.717) is 0 Å². The van der Waals surface area contributed by atoms with E-state index in [1.54, 1.807) is 19.1 Å². The minimum atomic E-state index is -4.38. The molecule has 0 fully saturated rings. The van der Waals surface area contributed by atoms with Crippen LogP contribution < -0.4 is 4.52 Å². The van der Waals surface area contributed by atoms with Crippen molar-refractivity contribution in [2.45, 2.75) is 19.4 Å². The lowest BCUT2D eigenvalue weighted by Crippen LogP contribution is -2.27. The highest BCUT2D eigenvalue weighted by Crippen LogP contribution is 2.52. The molecule has 1 unspecified atom stereocenters. The Kier molecular flexibility index (Phi) is 5.28. The molecule has 26 heavy (non-hydrogen) atoms. The first-order valence-electron chi connectivity index (χ1n) is 8.30. The van der Waals surface area contributed by atoms with Gasteiger partial charge in [0, 0.05) is 0 Å². The van der Waals surface area contributed by atoms with Crippen LogP contribution in [0.25, 0.3) is 0 Å². The third-order valence-corrected chi connectivity index (χ3v) is 5.23. The zero-order chi connectivity index (χ0) is 18.6. The maximum absolute atomic E-state index is 12.7. The second-order valence-electron chi connectivity index (χ2n) is 6.23. The van der Waals surface area contributed by atoms with Crippen LogP contribution in [0.4, 0.5) is 0 Å². The molecule has 3 aromatic rings. The Hall–Kier alpha value is -2.39. The summed E-state index contributed by atoms with van der Waals surface area (Å²) in [5, 5.41) is 0. The molecule has 0 radical (unpaired) electrons. The van der Waals surface area contributed by atoms with Crippen molar-refractivity contribution in [1.82, 2.24) is 0 Å². The van der Waals surface area contributed by atoms with Crippen LogP contribution in [0.2, 0.25) is 0 Å². The standard InChI is InChI=1S/C21H21O4P/c1-17-13-15-20(16-14-17)24-26(22,23)25-21(2,18-9-5-3-6-10-18)19-11-7-4-8-12-19/h3-16H,1-2H3,(H,22,23). The lowest BCUT2D eigenvalue weighted by atomic mass is 9.88. The number of hydrogen-bond donors (Lipinski definition) is 1. The van der Waals surface area contributed by atoms with Gasteiger partial charge in [-0.15, -0.1) is 0 Å². The Labute approximate surface area is 153 Å².